The van der Waals surface area contributed by atoms with Gasteiger partial charge in [0.2, 0.25) is 11.7 Å². The molecule has 0 unspecified atom stereocenters. The first-order chi connectivity index (χ1) is 10.4. The van der Waals surface area contributed by atoms with E-state index < -0.39 is 6.04 Å². The summed E-state index contributed by atoms with van der Waals surface area (Å²) in [6, 6.07) is 3.09. The maximum atomic E-state index is 12.0. The monoisotopic (exact) mass is 310 g/mol. The van der Waals surface area contributed by atoms with Crippen molar-refractivity contribution in [3.8, 4) is 17.2 Å². The molecule has 0 radical (unpaired) electrons. The normalized spacial score (nSPS) is 12.0. The predicted molar refractivity (Wildman–Crippen MR) is 85.4 cm³/mol. The van der Waals surface area contributed by atoms with Crippen LogP contribution >= 0.6 is 0 Å². The second-order valence-corrected chi connectivity index (χ2v) is 5.45. The number of nitrogens with one attached hydrogen (secondary N) is 1. The molecule has 0 aromatic heterocycles. The van der Waals surface area contributed by atoms with Crippen LogP contribution in [0.4, 0.5) is 0 Å². The van der Waals surface area contributed by atoms with Gasteiger partial charge in [-0.15, -0.1) is 0 Å². The Balaban J connectivity index is 2.83. The van der Waals surface area contributed by atoms with Crippen molar-refractivity contribution in [2.45, 2.75) is 32.9 Å². The third kappa shape index (κ3) is 4.53. The molecule has 3 N–H and O–H groups in total. The van der Waals surface area contributed by atoms with Crippen molar-refractivity contribution in [1.82, 2.24) is 5.32 Å². The maximum Gasteiger partial charge on any atom is 0.237 e. The predicted octanol–water partition coefficient (Wildman–Crippen LogP) is 1.70. The van der Waals surface area contributed by atoms with Crippen LogP contribution in [0.25, 0.3) is 0 Å². The summed E-state index contributed by atoms with van der Waals surface area (Å²) < 4.78 is 15.9. The van der Waals surface area contributed by atoms with Gasteiger partial charge in [-0.1, -0.05) is 13.8 Å². The van der Waals surface area contributed by atoms with E-state index in [4.69, 9.17) is 19.9 Å². The van der Waals surface area contributed by atoms with Crippen LogP contribution < -0.4 is 25.3 Å². The number of benzene rings is 1. The fourth-order valence-electron chi connectivity index (χ4n) is 2.23. The minimum absolute atomic E-state index is 0.175. The van der Waals surface area contributed by atoms with Crippen molar-refractivity contribution in [2.24, 2.45) is 11.7 Å². The van der Waals surface area contributed by atoms with Gasteiger partial charge >= 0.3 is 0 Å². The minimum atomic E-state index is -0.508. The topological polar surface area (TPSA) is 82.8 Å². The SMILES string of the molecule is COc1ccc(CNC(=O)[C@@H](N)CC(C)C)c(OC)c1OC. The smallest absolute Gasteiger partial charge is 0.237 e. The average molecular weight is 310 g/mol. The van der Waals surface area contributed by atoms with Gasteiger partial charge in [0.05, 0.1) is 27.4 Å². The summed E-state index contributed by atoms with van der Waals surface area (Å²) in [6.45, 7) is 4.38. The first-order valence-electron chi connectivity index (χ1n) is 7.25. The fraction of sp³-hybridized carbons (Fsp3) is 0.562. The van der Waals surface area contributed by atoms with Gasteiger partial charge in [-0.2, -0.15) is 0 Å². The molecule has 1 aromatic carbocycles. The minimum Gasteiger partial charge on any atom is -0.493 e. The van der Waals surface area contributed by atoms with E-state index in [-0.39, 0.29) is 5.91 Å². The van der Waals surface area contributed by atoms with Crippen LogP contribution in [-0.2, 0) is 11.3 Å². The number of methoxy groups -OCH3 is 3. The van der Waals surface area contributed by atoms with Crippen LogP contribution in [0, 0.1) is 5.92 Å². The third-order valence-corrected chi connectivity index (χ3v) is 3.30. The van der Waals surface area contributed by atoms with Crippen molar-refractivity contribution in [1.29, 1.82) is 0 Å². The largest absolute Gasteiger partial charge is 0.493 e. The molecule has 1 aromatic rings. The Hall–Kier alpha value is -1.95. The number of nitrogens with two attached hydrogens (primary N) is 1. The highest BCUT2D eigenvalue weighted by molar-refractivity contribution is 5.81. The van der Waals surface area contributed by atoms with Crippen molar-refractivity contribution in [3.05, 3.63) is 17.7 Å². The zero-order valence-electron chi connectivity index (χ0n) is 13.9. The summed E-state index contributed by atoms with van der Waals surface area (Å²) in [5.74, 6) is 1.82. The molecule has 1 atom stereocenters. The molecule has 22 heavy (non-hydrogen) atoms. The molecule has 124 valence electrons. The van der Waals surface area contributed by atoms with E-state index in [1.807, 2.05) is 19.9 Å². The van der Waals surface area contributed by atoms with E-state index in [0.717, 1.165) is 5.56 Å². The van der Waals surface area contributed by atoms with E-state index in [1.165, 1.54) is 0 Å². The second-order valence-electron chi connectivity index (χ2n) is 5.45. The van der Waals surface area contributed by atoms with E-state index >= 15 is 0 Å². The van der Waals surface area contributed by atoms with Crippen LogP contribution in [0.5, 0.6) is 17.2 Å². The molecule has 1 amide bonds. The molecule has 0 saturated carbocycles. The number of rotatable bonds is 8. The lowest BCUT2D eigenvalue weighted by Gasteiger charge is -2.17. The van der Waals surface area contributed by atoms with Gasteiger partial charge in [0, 0.05) is 12.1 Å². The Labute approximate surface area is 131 Å². The van der Waals surface area contributed by atoms with Crippen molar-refractivity contribution in [2.75, 3.05) is 21.3 Å². The fourth-order valence-corrected chi connectivity index (χ4v) is 2.23. The Bertz CT molecular complexity index is 503. The zero-order chi connectivity index (χ0) is 16.7. The number of hydrogen-bond acceptors (Lipinski definition) is 5. The van der Waals surface area contributed by atoms with Crippen LogP contribution in [-0.4, -0.2) is 33.3 Å². The first-order valence-corrected chi connectivity index (χ1v) is 7.25. The standard InChI is InChI=1S/C16H26N2O4/c1-10(2)8-12(17)16(19)18-9-11-6-7-13(20-3)15(22-5)14(11)21-4/h6-7,10,12H,8-9,17H2,1-5H3,(H,18,19)/t12-/m0/s1. The summed E-state index contributed by atoms with van der Waals surface area (Å²) in [6.07, 6.45) is 0.648. The van der Waals surface area contributed by atoms with Gasteiger partial charge in [-0.25, -0.2) is 0 Å². The molecule has 0 heterocycles. The van der Waals surface area contributed by atoms with Gasteiger partial charge < -0.3 is 25.3 Å². The highest BCUT2D eigenvalue weighted by atomic mass is 16.5. The Kier molecular flexibility index (Phi) is 6.98. The van der Waals surface area contributed by atoms with Gasteiger partial charge in [0.15, 0.2) is 11.5 Å². The Morgan fingerprint density at radius 2 is 1.77 bits per heavy atom. The molecular weight excluding hydrogens is 284 g/mol. The molecular formula is C16H26N2O4. The van der Waals surface area contributed by atoms with E-state index in [9.17, 15) is 4.79 Å². The zero-order valence-corrected chi connectivity index (χ0v) is 13.9. The van der Waals surface area contributed by atoms with Crippen molar-refractivity contribution in [3.63, 3.8) is 0 Å². The van der Waals surface area contributed by atoms with E-state index in [2.05, 4.69) is 5.32 Å². The molecule has 0 aliphatic heterocycles. The van der Waals surface area contributed by atoms with Gasteiger partial charge in [-0.05, 0) is 24.5 Å². The highest BCUT2D eigenvalue weighted by Crippen LogP contribution is 2.39. The quantitative estimate of drug-likeness (QED) is 0.763. The second kappa shape index (κ2) is 8.48. The summed E-state index contributed by atoms with van der Waals surface area (Å²) in [7, 11) is 4.65. The van der Waals surface area contributed by atoms with Gasteiger partial charge in [0.1, 0.15) is 0 Å². The summed E-state index contributed by atoms with van der Waals surface area (Å²) in [4.78, 5) is 12.0. The Morgan fingerprint density at radius 3 is 2.27 bits per heavy atom. The number of carbonyl (C=O) groups is 1. The third-order valence-electron chi connectivity index (χ3n) is 3.30. The molecule has 0 bridgehead atoms. The highest BCUT2D eigenvalue weighted by Gasteiger charge is 2.18. The molecule has 6 nitrogen and oxygen atoms in total. The molecule has 0 fully saturated rings. The van der Waals surface area contributed by atoms with Crippen LogP contribution in [0.15, 0.2) is 12.1 Å². The number of carbonyl (C=O) groups excluding carboxylic acids is 1. The Morgan fingerprint density at radius 1 is 1.14 bits per heavy atom. The van der Waals surface area contributed by atoms with Crippen molar-refractivity contribution < 1.29 is 19.0 Å². The first kappa shape index (κ1) is 18.1. The van der Waals surface area contributed by atoms with Crippen LogP contribution in [0.1, 0.15) is 25.8 Å². The van der Waals surface area contributed by atoms with E-state index in [0.29, 0.717) is 36.1 Å². The molecule has 6 heteroatoms. The number of amides is 1. The average Bonchev–Trinajstić information content (AvgIpc) is 2.50. The summed E-state index contributed by atoms with van der Waals surface area (Å²) in [5, 5.41) is 2.83. The summed E-state index contributed by atoms with van der Waals surface area (Å²) in [5.41, 5.74) is 6.66. The van der Waals surface area contributed by atoms with E-state index in [1.54, 1.807) is 27.4 Å². The molecule has 1 rings (SSSR count). The molecule has 0 aliphatic carbocycles. The summed E-state index contributed by atoms with van der Waals surface area (Å²) >= 11 is 0. The lowest BCUT2D eigenvalue weighted by atomic mass is 10.0. The lowest BCUT2D eigenvalue weighted by Crippen LogP contribution is -2.41. The maximum absolute atomic E-state index is 12.0. The lowest BCUT2D eigenvalue weighted by molar-refractivity contribution is -0.122. The van der Waals surface area contributed by atoms with Gasteiger partial charge in [0.25, 0.3) is 0 Å². The van der Waals surface area contributed by atoms with Crippen LogP contribution in [0.2, 0.25) is 0 Å². The number of ether oxygens (including phenoxy) is 3. The van der Waals surface area contributed by atoms with Crippen LogP contribution in [0.3, 0.4) is 0 Å². The van der Waals surface area contributed by atoms with Gasteiger partial charge in [-0.3, -0.25) is 4.79 Å². The number of hydrogen-bond donors (Lipinski definition) is 2. The molecule has 0 aliphatic rings. The molecule has 0 saturated heterocycles. The molecule has 0 spiro atoms. The van der Waals surface area contributed by atoms with Crippen molar-refractivity contribution >= 4 is 5.91 Å².